The molecule has 1 N–H and O–H groups in total. The number of benzene rings is 3. The number of aromatic nitrogens is 3. The summed E-state index contributed by atoms with van der Waals surface area (Å²) in [4.78, 5) is 28.1. The van der Waals surface area contributed by atoms with Crippen LogP contribution in [-0.4, -0.2) is 68.0 Å². The molecule has 48 heavy (non-hydrogen) atoms. The lowest BCUT2D eigenvalue weighted by Crippen LogP contribution is -2.54. The molecule has 9 heteroatoms. The van der Waals surface area contributed by atoms with Crippen LogP contribution >= 0.6 is 0 Å². The van der Waals surface area contributed by atoms with Gasteiger partial charge in [0.2, 0.25) is 5.95 Å². The molecule has 8 rings (SSSR count). The van der Waals surface area contributed by atoms with Gasteiger partial charge in [-0.15, -0.1) is 0 Å². The number of aryl methyl sites for hydroxylation is 2. The summed E-state index contributed by atoms with van der Waals surface area (Å²) in [5.74, 6) is 2.85. The Bertz CT molecular complexity index is 2040. The standard InChI is InChI=1S/C39H42N6O3/c1-26-33-12-6-9-15-36(33)48-37(26)38(46)44-21-18-30(23-31(44)22-28-10-4-3-5-11-28)43-19-16-29(17-20-43)41-39-42-34-13-7-8-14-35(34)45(39)25-32-24-40-27(2)47-32/h3-15,24,29-31H,16-23,25H2,1-2H3,(H,41,42)/t30-,31+/m1/s1. The van der Waals surface area contributed by atoms with Crippen molar-refractivity contribution in [3.05, 3.63) is 114 Å². The molecular weight excluding hydrogens is 600 g/mol. The molecule has 3 aromatic carbocycles. The van der Waals surface area contributed by atoms with E-state index in [1.807, 2.05) is 44.2 Å². The Hall–Kier alpha value is -4.89. The number of fused-ring (bicyclic) bond motifs is 2. The van der Waals surface area contributed by atoms with Crippen molar-refractivity contribution in [1.82, 2.24) is 24.3 Å². The maximum atomic E-state index is 14.1. The van der Waals surface area contributed by atoms with E-state index in [4.69, 9.17) is 13.8 Å². The number of piperidine rings is 2. The average molecular weight is 643 g/mol. The Morgan fingerprint density at radius 2 is 1.67 bits per heavy atom. The number of oxazole rings is 1. The normalized spacial score (nSPS) is 19.3. The second kappa shape index (κ2) is 13.0. The number of imidazole rings is 1. The number of likely N-dealkylation sites (tertiary alicyclic amines) is 2. The van der Waals surface area contributed by atoms with Crippen LogP contribution in [0.5, 0.6) is 0 Å². The van der Waals surface area contributed by atoms with E-state index in [0.717, 1.165) is 91.0 Å². The van der Waals surface area contributed by atoms with E-state index in [-0.39, 0.29) is 11.9 Å². The summed E-state index contributed by atoms with van der Waals surface area (Å²) in [6, 6.07) is 27.6. The van der Waals surface area contributed by atoms with E-state index in [0.29, 0.717) is 30.3 Å². The number of rotatable bonds is 8. The molecule has 9 nitrogen and oxygen atoms in total. The quantitative estimate of drug-likeness (QED) is 0.187. The summed E-state index contributed by atoms with van der Waals surface area (Å²) in [6.07, 6.45) is 6.61. The number of carbonyl (C=O) groups is 1. The molecule has 0 saturated carbocycles. The molecule has 6 aromatic rings. The number of nitrogens with zero attached hydrogens (tertiary/aromatic N) is 5. The van der Waals surface area contributed by atoms with Gasteiger partial charge in [-0.05, 0) is 62.8 Å². The highest BCUT2D eigenvalue weighted by molar-refractivity contribution is 5.99. The fourth-order valence-electron chi connectivity index (χ4n) is 7.79. The lowest BCUT2D eigenvalue weighted by atomic mass is 9.89. The summed E-state index contributed by atoms with van der Waals surface area (Å²) in [7, 11) is 0. The smallest absolute Gasteiger partial charge is 0.290 e. The molecule has 2 saturated heterocycles. The first-order valence-corrected chi connectivity index (χ1v) is 17.2. The highest BCUT2D eigenvalue weighted by Gasteiger charge is 2.37. The lowest BCUT2D eigenvalue weighted by Gasteiger charge is -2.45. The number of anilines is 1. The van der Waals surface area contributed by atoms with Gasteiger partial charge in [-0.3, -0.25) is 4.79 Å². The van der Waals surface area contributed by atoms with Crippen LogP contribution in [0.1, 0.15) is 59.0 Å². The molecule has 3 aromatic heterocycles. The minimum Gasteiger partial charge on any atom is -0.451 e. The molecule has 0 radical (unpaired) electrons. The predicted octanol–water partition coefficient (Wildman–Crippen LogP) is 7.23. The summed E-state index contributed by atoms with van der Waals surface area (Å²) in [5.41, 5.74) is 5.00. The molecule has 0 spiro atoms. The summed E-state index contributed by atoms with van der Waals surface area (Å²) in [6.45, 7) is 7.20. The molecule has 2 atom stereocenters. The first-order chi connectivity index (χ1) is 23.5. The molecule has 246 valence electrons. The first kappa shape index (κ1) is 30.4. The fraction of sp³-hybridized carbons (Fsp3) is 0.359. The number of hydrogen-bond donors (Lipinski definition) is 1. The highest BCUT2D eigenvalue weighted by Crippen LogP contribution is 2.32. The van der Waals surface area contributed by atoms with Gasteiger partial charge in [-0.1, -0.05) is 60.7 Å². The van der Waals surface area contributed by atoms with Crippen molar-refractivity contribution >= 4 is 33.9 Å². The van der Waals surface area contributed by atoms with Crippen molar-refractivity contribution in [2.75, 3.05) is 25.0 Å². The van der Waals surface area contributed by atoms with Gasteiger partial charge in [0.1, 0.15) is 11.3 Å². The van der Waals surface area contributed by atoms with Gasteiger partial charge in [0.25, 0.3) is 5.91 Å². The second-order valence-corrected chi connectivity index (χ2v) is 13.4. The maximum absolute atomic E-state index is 14.1. The van der Waals surface area contributed by atoms with Gasteiger partial charge in [-0.2, -0.15) is 0 Å². The van der Waals surface area contributed by atoms with Crippen molar-refractivity contribution in [3.8, 4) is 0 Å². The third kappa shape index (κ3) is 5.99. The lowest BCUT2D eigenvalue weighted by molar-refractivity contribution is 0.0365. The largest absolute Gasteiger partial charge is 0.451 e. The summed E-state index contributed by atoms with van der Waals surface area (Å²) >= 11 is 0. The van der Waals surface area contributed by atoms with Crippen LogP contribution in [0, 0.1) is 13.8 Å². The SMILES string of the molecule is Cc1ncc(Cn2c(NC3CCN([C@@H]4CCN(C(=O)c5oc6ccccc6c5C)[C@@H](Cc5ccccc5)C4)CC3)nc3ccccc32)o1. The van der Waals surface area contributed by atoms with Crippen molar-refractivity contribution in [2.24, 2.45) is 0 Å². The van der Waals surface area contributed by atoms with Crippen molar-refractivity contribution in [1.29, 1.82) is 0 Å². The van der Waals surface area contributed by atoms with Crippen LogP contribution in [0.3, 0.4) is 0 Å². The van der Waals surface area contributed by atoms with Crippen LogP contribution in [0.2, 0.25) is 0 Å². The monoisotopic (exact) mass is 642 g/mol. The van der Waals surface area contributed by atoms with Gasteiger partial charge < -0.3 is 28.5 Å². The first-order valence-electron chi connectivity index (χ1n) is 17.2. The van der Waals surface area contributed by atoms with Gasteiger partial charge in [-0.25, -0.2) is 9.97 Å². The fourth-order valence-corrected chi connectivity index (χ4v) is 7.79. The van der Waals surface area contributed by atoms with Crippen LogP contribution in [-0.2, 0) is 13.0 Å². The number of amides is 1. The van der Waals surface area contributed by atoms with Crippen LogP contribution in [0.4, 0.5) is 5.95 Å². The van der Waals surface area contributed by atoms with E-state index in [2.05, 4.69) is 73.2 Å². The van der Waals surface area contributed by atoms with E-state index >= 15 is 0 Å². The Morgan fingerprint density at radius 1 is 0.896 bits per heavy atom. The van der Waals surface area contributed by atoms with Crippen LogP contribution < -0.4 is 5.32 Å². The molecule has 2 fully saturated rings. The molecule has 5 heterocycles. The van der Waals surface area contributed by atoms with Gasteiger partial charge in [0.05, 0.1) is 23.8 Å². The Labute approximate surface area is 280 Å². The topological polar surface area (TPSA) is 92.6 Å². The minimum absolute atomic E-state index is 0.00867. The van der Waals surface area contributed by atoms with Gasteiger partial charge in [0.15, 0.2) is 11.7 Å². The number of para-hydroxylation sites is 3. The van der Waals surface area contributed by atoms with Crippen molar-refractivity contribution in [2.45, 2.75) is 70.6 Å². The third-order valence-corrected chi connectivity index (χ3v) is 10.3. The minimum atomic E-state index is 0.00867. The van der Waals surface area contributed by atoms with Crippen LogP contribution in [0.15, 0.2) is 93.9 Å². The third-order valence-electron chi connectivity index (χ3n) is 10.3. The molecule has 0 bridgehead atoms. The Morgan fingerprint density at radius 3 is 2.46 bits per heavy atom. The zero-order chi connectivity index (χ0) is 32.6. The number of carbonyl (C=O) groups excluding carboxylic acids is 1. The maximum Gasteiger partial charge on any atom is 0.290 e. The Kier molecular flexibility index (Phi) is 8.22. The molecule has 0 aliphatic carbocycles. The summed E-state index contributed by atoms with van der Waals surface area (Å²) < 4.78 is 14.2. The number of furan rings is 1. The summed E-state index contributed by atoms with van der Waals surface area (Å²) in [5, 5.41) is 4.80. The highest BCUT2D eigenvalue weighted by atomic mass is 16.4. The molecule has 0 unspecified atom stereocenters. The van der Waals surface area contributed by atoms with E-state index in [9.17, 15) is 4.79 Å². The van der Waals surface area contributed by atoms with Crippen LogP contribution in [0.25, 0.3) is 22.0 Å². The number of hydrogen-bond acceptors (Lipinski definition) is 7. The molecule has 2 aliphatic rings. The molecule has 1 amide bonds. The zero-order valence-electron chi connectivity index (χ0n) is 27.6. The van der Waals surface area contributed by atoms with Crippen molar-refractivity contribution < 1.29 is 13.6 Å². The van der Waals surface area contributed by atoms with E-state index < -0.39 is 0 Å². The molecule has 2 aliphatic heterocycles. The molecular formula is C39H42N6O3. The predicted molar refractivity (Wildman–Crippen MR) is 187 cm³/mol. The van der Waals surface area contributed by atoms with Gasteiger partial charge >= 0.3 is 0 Å². The Balaban J connectivity index is 0.961. The second-order valence-electron chi connectivity index (χ2n) is 13.4. The number of nitrogens with one attached hydrogen (secondary N) is 1. The zero-order valence-corrected chi connectivity index (χ0v) is 27.6. The van der Waals surface area contributed by atoms with Gasteiger partial charge in [0, 0.05) is 55.6 Å². The van der Waals surface area contributed by atoms with E-state index in [1.54, 1.807) is 6.20 Å². The average Bonchev–Trinajstić information content (AvgIpc) is 3.80. The van der Waals surface area contributed by atoms with Crippen molar-refractivity contribution in [3.63, 3.8) is 0 Å². The van der Waals surface area contributed by atoms with E-state index in [1.165, 1.54) is 5.56 Å².